The van der Waals surface area contributed by atoms with Crippen molar-refractivity contribution in [3.8, 4) is 11.5 Å². The van der Waals surface area contributed by atoms with Crippen LogP contribution in [0.2, 0.25) is 0 Å². The van der Waals surface area contributed by atoms with Crippen LogP contribution in [-0.2, 0) is 6.54 Å². The third kappa shape index (κ3) is 4.97. The van der Waals surface area contributed by atoms with Crippen LogP contribution < -0.4 is 10.6 Å². The van der Waals surface area contributed by atoms with E-state index >= 15 is 0 Å². The van der Waals surface area contributed by atoms with Gasteiger partial charge in [-0.15, -0.1) is 9.60 Å². The molecule has 8 nitrogen and oxygen atoms in total. The molecule has 2 amide bonds. The minimum Gasteiger partial charge on any atom is -0.508 e. The summed E-state index contributed by atoms with van der Waals surface area (Å²) in [6, 6.07) is 5.53. The first-order valence-electron chi connectivity index (χ1n) is 10.2. The van der Waals surface area contributed by atoms with E-state index in [0.29, 0.717) is 24.2 Å². The maximum Gasteiger partial charge on any atom is 0.325 e. The monoisotopic (exact) mass is 447 g/mol. The lowest BCUT2D eigenvalue weighted by Gasteiger charge is -2.30. The van der Waals surface area contributed by atoms with Gasteiger partial charge in [-0.2, -0.15) is 0 Å². The van der Waals surface area contributed by atoms with E-state index in [1.807, 2.05) is 18.7 Å². The molecule has 0 aliphatic carbocycles. The second-order valence-corrected chi connectivity index (χ2v) is 8.07. The van der Waals surface area contributed by atoms with E-state index in [1.165, 1.54) is 18.2 Å². The van der Waals surface area contributed by atoms with Crippen LogP contribution in [0, 0.1) is 11.2 Å². The lowest BCUT2D eigenvalue weighted by molar-refractivity contribution is -0.0236. The molecular formula is C22H27F2N5O3. The number of primary amides is 1. The van der Waals surface area contributed by atoms with E-state index in [1.54, 1.807) is 0 Å². The van der Waals surface area contributed by atoms with Gasteiger partial charge in [0.2, 0.25) is 0 Å². The number of benzene rings is 2. The molecule has 2 aromatic rings. The second kappa shape index (κ2) is 9.49. The molecule has 0 spiro atoms. The van der Waals surface area contributed by atoms with Gasteiger partial charge in [0.25, 0.3) is 0 Å². The molecule has 3 rings (SSSR count). The molecule has 1 saturated heterocycles. The highest BCUT2D eigenvalue weighted by Crippen LogP contribution is 2.33. The van der Waals surface area contributed by atoms with E-state index in [0.717, 1.165) is 22.2 Å². The van der Waals surface area contributed by atoms with E-state index in [9.17, 15) is 23.9 Å². The number of nitrogens with two attached hydrogens (primary N) is 1. The Morgan fingerprint density at radius 1 is 1.16 bits per heavy atom. The molecule has 0 bridgehead atoms. The molecule has 32 heavy (non-hydrogen) atoms. The number of halogens is 2. The van der Waals surface area contributed by atoms with Crippen molar-refractivity contribution in [2.24, 2.45) is 5.73 Å². The molecule has 2 aromatic carbocycles. The summed E-state index contributed by atoms with van der Waals surface area (Å²) in [4.78, 5) is 14.9. The lowest BCUT2D eigenvalue weighted by Crippen LogP contribution is -2.42. The fourth-order valence-corrected chi connectivity index (χ4v) is 3.66. The number of carbonyl (C=O) groups is 1. The quantitative estimate of drug-likeness (QED) is 0.319. The third-order valence-electron chi connectivity index (χ3n) is 5.47. The number of aromatic hydroxyl groups is 2. The van der Waals surface area contributed by atoms with Crippen molar-refractivity contribution < 1.29 is 23.9 Å². The van der Waals surface area contributed by atoms with Gasteiger partial charge in [0, 0.05) is 44.4 Å². The van der Waals surface area contributed by atoms with Gasteiger partial charge >= 0.3 is 6.03 Å². The van der Waals surface area contributed by atoms with E-state index in [2.05, 4.69) is 0 Å². The Morgan fingerprint density at radius 2 is 1.81 bits per heavy atom. The summed E-state index contributed by atoms with van der Waals surface area (Å²) in [6.07, 6.45) is 0. The molecular weight excluding hydrogens is 420 g/mol. The fourth-order valence-electron chi connectivity index (χ4n) is 3.66. The highest BCUT2D eigenvalue weighted by atomic mass is 19.2. The average molecular weight is 447 g/mol. The number of amides is 2. The van der Waals surface area contributed by atoms with Gasteiger partial charge in [-0.25, -0.2) is 14.1 Å². The van der Waals surface area contributed by atoms with Crippen LogP contribution in [-0.4, -0.2) is 58.3 Å². The Hall–Kier alpha value is -3.24. The molecule has 0 unspecified atom stereocenters. The first-order chi connectivity index (χ1) is 15.1. The lowest BCUT2D eigenvalue weighted by atomic mass is 9.98. The summed E-state index contributed by atoms with van der Waals surface area (Å²) in [7, 11) is 0. The van der Waals surface area contributed by atoms with Crippen LogP contribution >= 0.6 is 0 Å². The molecule has 1 heterocycles. The summed E-state index contributed by atoms with van der Waals surface area (Å²) >= 11 is 0. The molecule has 0 aromatic heterocycles. The molecule has 1 aliphatic heterocycles. The van der Waals surface area contributed by atoms with Crippen molar-refractivity contribution in [1.82, 2.24) is 10.0 Å². The topological polar surface area (TPSA) is 117 Å². The molecule has 0 atom stereocenters. The van der Waals surface area contributed by atoms with Gasteiger partial charge in [-0.1, -0.05) is 19.9 Å². The smallest absolute Gasteiger partial charge is 0.325 e. The summed E-state index contributed by atoms with van der Waals surface area (Å²) in [6.45, 7) is 5.37. The van der Waals surface area contributed by atoms with Crippen molar-refractivity contribution >= 4 is 17.6 Å². The first-order valence-corrected chi connectivity index (χ1v) is 10.2. The van der Waals surface area contributed by atoms with E-state index in [4.69, 9.17) is 11.1 Å². The minimum atomic E-state index is -1.03. The van der Waals surface area contributed by atoms with Crippen LogP contribution in [0.3, 0.4) is 0 Å². The van der Waals surface area contributed by atoms with Crippen molar-refractivity contribution in [2.45, 2.75) is 26.3 Å². The highest BCUT2D eigenvalue weighted by Gasteiger charge is 2.25. The summed E-state index contributed by atoms with van der Waals surface area (Å²) in [5.41, 5.74) is 6.32. The summed E-state index contributed by atoms with van der Waals surface area (Å²) < 4.78 is 28.0. The highest BCUT2D eigenvalue weighted by molar-refractivity contribution is 6.22. The van der Waals surface area contributed by atoms with Crippen molar-refractivity contribution in [2.75, 3.05) is 31.1 Å². The molecule has 1 aliphatic rings. The van der Waals surface area contributed by atoms with Gasteiger partial charge in [-0.3, -0.25) is 10.3 Å². The van der Waals surface area contributed by atoms with Gasteiger partial charge in [0.1, 0.15) is 23.2 Å². The van der Waals surface area contributed by atoms with Crippen molar-refractivity contribution in [1.29, 1.82) is 5.41 Å². The van der Waals surface area contributed by atoms with Gasteiger partial charge < -0.3 is 15.9 Å². The predicted molar refractivity (Wildman–Crippen MR) is 117 cm³/mol. The fraction of sp³-hybridized carbons (Fsp3) is 0.364. The third-order valence-corrected chi connectivity index (χ3v) is 5.47. The normalized spacial score (nSPS) is 15.2. The summed E-state index contributed by atoms with van der Waals surface area (Å²) in [5, 5.41) is 29.5. The number of rotatable bonds is 5. The van der Waals surface area contributed by atoms with Crippen LogP contribution in [0.4, 0.5) is 19.4 Å². The number of piperazine rings is 1. The number of nitrogens with one attached hydrogen (secondary N) is 1. The molecule has 0 saturated carbocycles. The Kier molecular flexibility index (Phi) is 6.95. The number of hydrogen-bond donors (Lipinski definition) is 4. The molecule has 10 heteroatoms. The number of carbonyl (C=O) groups excluding carboxylic acids is 1. The van der Waals surface area contributed by atoms with Crippen molar-refractivity contribution in [3.05, 3.63) is 52.8 Å². The van der Waals surface area contributed by atoms with Crippen LogP contribution in [0.25, 0.3) is 0 Å². The SMILES string of the molecule is CC(C)c1cc(C(=N)N(C(N)=O)c2ccc(CN3CCN(F)CC3)c(F)c2)c(O)cc1O. The van der Waals surface area contributed by atoms with Crippen LogP contribution in [0.5, 0.6) is 11.5 Å². The second-order valence-electron chi connectivity index (χ2n) is 8.07. The number of phenolic OH excluding ortho intramolecular Hbond substituents is 2. The van der Waals surface area contributed by atoms with Crippen molar-refractivity contribution in [3.63, 3.8) is 0 Å². The maximum absolute atomic E-state index is 14.8. The Labute approximate surface area is 184 Å². The molecule has 5 N–H and O–H groups in total. The molecule has 172 valence electrons. The van der Waals surface area contributed by atoms with Gasteiger partial charge in [-0.05, 0) is 29.7 Å². The Bertz CT molecular complexity index is 1020. The first kappa shape index (κ1) is 23.4. The largest absolute Gasteiger partial charge is 0.508 e. The number of anilines is 1. The number of urea groups is 1. The van der Waals surface area contributed by atoms with Gasteiger partial charge in [0.05, 0.1) is 11.3 Å². The zero-order valence-electron chi connectivity index (χ0n) is 18.0. The van der Waals surface area contributed by atoms with Crippen LogP contribution in [0.15, 0.2) is 30.3 Å². The Balaban J connectivity index is 1.89. The standard InChI is InChI=1S/C22H27F2N5O3/c1-13(2)16-10-17(20(31)11-19(16)30)21(25)29(22(26)32)15-4-3-14(18(23)9-15)12-27-5-7-28(24)8-6-27/h3-4,9-11,13,25,30-31H,5-8,12H2,1-2H3,(H2,26,32). The zero-order chi connectivity index (χ0) is 23.6. The predicted octanol–water partition coefficient (Wildman–Crippen LogP) is 3.27. The van der Waals surface area contributed by atoms with E-state index < -0.39 is 23.4 Å². The number of amidine groups is 1. The number of phenols is 2. The minimum absolute atomic E-state index is 0.0240. The maximum atomic E-state index is 14.8. The summed E-state index contributed by atoms with van der Waals surface area (Å²) in [5.74, 6) is -1.71. The average Bonchev–Trinajstić information content (AvgIpc) is 2.71. The number of hydrogen-bond acceptors (Lipinski definition) is 6. The molecule has 1 fully saturated rings. The molecule has 0 radical (unpaired) electrons. The number of nitrogens with zero attached hydrogens (tertiary/aromatic N) is 3. The van der Waals surface area contributed by atoms with Crippen LogP contribution in [0.1, 0.15) is 36.5 Å². The van der Waals surface area contributed by atoms with Gasteiger partial charge in [0.15, 0.2) is 0 Å². The Morgan fingerprint density at radius 3 is 2.38 bits per heavy atom. The zero-order valence-corrected chi connectivity index (χ0v) is 18.0. The van der Waals surface area contributed by atoms with E-state index in [-0.39, 0.29) is 42.6 Å².